The quantitative estimate of drug-likeness (QED) is 0.481. The number of carbonyl (C=O) groups excluding carboxylic acids is 1. The maximum Gasteiger partial charge on any atom is 0.251 e. The van der Waals surface area contributed by atoms with Crippen molar-refractivity contribution in [3.8, 4) is 11.1 Å². The van der Waals surface area contributed by atoms with Gasteiger partial charge in [0.05, 0.1) is 12.4 Å². The van der Waals surface area contributed by atoms with Crippen LogP contribution in [0.4, 0.5) is 0 Å². The number of nitrogens with zero attached hydrogens (tertiary/aromatic N) is 2. The Morgan fingerprint density at radius 3 is 2.21 bits per heavy atom. The molecule has 4 nitrogen and oxygen atoms in total. The maximum atomic E-state index is 12.7. The zero-order chi connectivity index (χ0) is 20.1. The van der Waals surface area contributed by atoms with Crippen LogP contribution in [0.5, 0.6) is 0 Å². The van der Waals surface area contributed by atoms with Crippen molar-refractivity contribution in [1.82, 2.24) is 14.9 Å². The molecule has 0 radical (unpaired) electrons. The third-order valence-electron chi connectivity index (χ3n) is 4.85. The van der Waals surface area contributed by atoms with E-state index < -0.39 is 0 Å². The average Bonchev–Trinajstić information content (AvgIpc) is 3.30. The highest BCUT2D eigenvalue weighted by Crippen LogP contribution is 2.22. The smallest absolute Gasteiger partial charge is 0.251 e. The van der Waals surface area contributed by atoms with Gasteiger partial charge in [-0.3, -0.25) is 4.79 Å². The Labute approximate surface area is 174 Å². The zero-order valence-electron chi connectivity index (χ0n) is 15.7. The second kappa shape index (κ2) is 8.76. The van der Waals surface area contributed by atoms with Crippen LogP contribution in [0.3, 0.4) is 0 Å². The van der Waals surface area contributed by atoms with E-state index in [-0.39, 0.29) is 11.9 Å². The first-order valence-corrected chi connectivity index (χ1v) is 9.75. The summed E-state index contributed by atoms with van der Waals surface area (Å²) < 4.78 is 2.00. The first-order chi connectivity index (χ1) is 14.2. The zero-order valence-corrected chi connectivity index (χ0v) is 16.5. The van der Waals surface area contributed by atoms with E-state index in [0.29, 0.717) is 17.1 Å². The lowest BCUT2D eigenvalue weighted by atomic mass is 10.0. The monoisotopic (exact) mass is 401 g/mol. The minimum atomic E-state index is -0.103. The van der Waals surface area contributed by atoms with E-state index in [1.165, 1.54) is 0 Å². The molecule has 0 unspecified atom stereocenters. The molecule has 144 valence electrons. The molecule has 0 saturated carbocycles. The Morgan fingerprint density at radius 1 is 0.931 bits per heavy atom. The molecule has 3 aromatic carbocycles. The van der Waals surface area contributed by atoms with Crippen LogP contribution in [0.2, 0.25) is 5.02 Å². The lowest BCUT2D eigenvalue weighted by Gasteiger charge is -2.19. The fraction of sp³-hybridized carbons (Fsp3) is 0.0833. The largest absolute Gasteiger partial charge is 0.350 e. The normalized spacial score (nSPS) is 11.8. The molecular formula is C24H20ClN3O. The molecule has 1 heterocycles. The van der Waals surface area contributed by atoms with Gasteiger partial charge in [-0.1, -0.05) is 66.2 Å². The van der Waals surface area contributed by atoms with Crippen molar-refractivity contribution in [2.75, 3.05) is 6.54 Å². The molecule has 0 spiro atoms. The van der Waals surface area contributed by atoms with Gasteiger partial charge in [0.25, 0.3) is 5.91 Å². The van der Waals surface area contributed by atoms with Gasteiger partial charge in [0, 0.05) is 29.5 Å². The molecule has 29 heavy (non-hydrogen) atoms. The van der Waals surface area contributed by atoms with Gasteiger partial charge in [0.15, 0.2) is 0 Å². The third kappa shape index (κ3) is 4.55. The second-order valence-corrected chi connectivity index (χ2v) is 7.17. The Kier molecular flexibility index (Phi) is 5.73. The highest BCUT2D eigenvalue weighted by molar-refractivity contribution is 6.30. The summed E-state index contributed by atoms with van der Waals surface area (Å²) in [5, 5.41) is 3.75. The number of nitrogens with one attached hydrogen (secondary N) is 1. The minimum absolute atomic E-state index is 0.0176. The van der Waals surface area contributed by atoms with Crippen molar-refractivity contribution in [2.45, 2.75) is 6.04 Å². The van der Waals surface area contributed by atoms with E-state index in [4.69, 9.17) is 11.6 Å². The van der Waals surface area contributed by atoms with Crippen LogP contribution in [0, 0.1) is 0 Å². The first-order valence-electron chi connectivity index (χ1n) is 9.37. The number of imidazole rings is 1. The van der Waals surface area contributed by atoms with Gasteiger partial charge in [-0.15, -0.1) is 0 Å². The van der Waals surface area contributed by atoms with E-state index >= 15 is 0 Å². The number of halogens is 1. The van der Waals surface area contributed by atoms with Crippen LogP contribution in [0.15, 0.2) is 97.6 Å². The molecule has 0 bridgehead atoms. The van der Waals surface area contributed by atoms with Gasteiger partial charge < -0.3 is 9.88 Å². The van der Waals surface area contributed by atoms with Crippen LogP contribution in [0.25, 0.3) is 11.1 Å². The molecule has 4 rings (SSSR count). The number of amides is 1. The predicted octanol–water partition coefficient (Wildman–Crippen LogP) is 5.22. The van der Waals surface area contributed by atoms with Gasteiger partial charge in [0.2, 0.25) is 0 Å². The van der Waals surface area contributed by atoms with E-state index in [1.807, 2.05) is 77.5 Å². The molecule has 0 aliphatic rings. The summed E-state index contributed by atoms with van der Waals surface area (Å²) in [5.41, 5.74) is 3.84. The summed E-state index contributed by atoms with van der Waals surface area (Å²) in [4.78, 5) is 16.8. The van der Waals surface area contributed by atoms with Gasteiger partial charge in [-0.05, 0) is 41.0 Å². The molecule has 4 aromatic rings. The molecular weight excluding hydrogens is 382 g/mol. The Balaban J connectivity index is 1.46. The van der Waals surface area contributed by atoms with Crippen LogP contribution in [-0.4, -0.2) is 22.0 Å². The molecule has 0 fully saturated rings. The van der Waals surface area contributed by atoms with Crippen LogP contribution < -0.4 is 5.32 Å². The summed E-state index contributed by atoms with van der Waals surface area (Å²) in [7, 11) is 0. The molecule has 1 amide bonds. The number of aromatic nitrogens is 2. The number of carbonyl (C=O) groups is 1. The van der Waals surface area contributed by atoms with Crippen LogP contribution in [-0.2, 0) is 0 Å². The number of rotatable bonds is 6. The fourth-order valence-corrected chi connectivity index (χ4v) is 3.40. The Bertz CT molecular complexity index is 1060. The Hall–Kier alpha value is -3.37. The molecule has 0 aliphatic carbocycles. The first kappa shape index (κ1) is 19.0. The van der Waals surface area contributed by atoms with Crippen molar-refractivity contribution < 1.29 is 4.79 Å². The van der Waals surface area contributed by atoms with Crippen molar-refractivity contribution >= 4 is 17.5 Å². The summed E-state index contributed by atoms with van der Waals surface area (Å²) in [5.74, 6) is -0.103. The van der Waals surface area contributed by atoms with Gasteiger partial charge in [0.1, 0.15) is 0 Å². The SMILES string of the molecule is O=C(NC[C@H](c1ccccc1)n1ccnc1)c1ccc(-c2ccc(Cl)cc2)cc1. The second-order valence-electron chi connectivity index (χ2n) is 6.73. The van der Waals surface area contributed by atoms with Crippen molar-refractivity contribution in [3.05, 3.63) is 114 Å². The number of benzene rings is 3. The summed E-state index contributed by atoms with van der Waals surface area (Å²) >= 11 is 5.95. The van der Waals surface area contributed by atoms with Crippen molar-refractivity contribution in [1.29, 1.82) is 0 Å². The Morgan fingerprint density at radius 2 is 1.59 bits per heavy atom. The maximum absolute atomic E-state index is 12.7. The average molecular weight is 402 g/mol. The van der Waals surface area contributed by atoms with E-state index in [0.717, 1.165) is 16.7 Å². The molecule has 1 atom stereocenters. The third-order valence-corrected chi connectivity index (χ3v) is 5.10. The summed E-state index contributed by atoms with van der Waals surface area (Å²) in [6, 6.07) is 25.3. The molecule has 0 aliphatic heterocycles. The lowest BCUT2D eigenvalue weighted by molar-refractivity contribution is 0.0950. The molecule has 5 heteroatoms. The highest BCUT2D eigenvalue weighted by atomic mass is 35.5. The molecule has 1 N–H and O–H groups in total. The van der Waals surface area contributed by atoms with E-state index in [1.54, 1.807) is 12.5 Å². The predicted molar refractivity (Wildman–Crippen MR) is 116 cm³/mol. The van der Waals surface area contributed by atoms with Gasteiger partial charge in [-0.25, -0.2) is 4.98 Å². The number of hydrogen-bond donors (Lipinski definition) is 1. The summed E-state index contributed by atoms with van der Waals surface area (Å²) in [6.45, 7) is 0.470. The standard InChI is InChI=1S/C24H20ClN3O/c25-22-12-10-19(11-13-22)18-6-8-21(9-7-18)24(29)27-16-23(28-15-14-26-17-28)20-4-2-1-3-5-20/h1-15,17,23H,16H2,(H,27,29)/t23-/m1/s1. The van der Waals surface area contributed by atoms with Crippen molar-refractivity contribution in [3.63, 3.8) is 0 Å². The highest BCUT2D eigenvalue weighted by Gasteiger charge is 2.15. The minimum Gasteiger partial charge on any atom is -0.350 e. The molecule has 1 aromatic heterocycles. The molecule has 0 saturated heterocycles. The van der Waals surface area contributed by atoms with Crippen molar-refractivity contribution in [2.24, 2.45) is 0 Å². The van der Waals surface area contributed by atoms with Crippen LogP contribution >= 0.6 is 11.6 Å². The van der Waals surface area contributed by atoms with E-state index in [2.05, 4.69) is 22.4 Å². The van der Waals surface area contributed by atoms with Gasteiger partial charge >= 0.3 is 0 Å². The van der Waals surface area contributed by atoms with E-state index in [9.17, 15) is 4.79 Å². The van der Waals surface area contributed by atoms with Gasteiger partial charge in [-0.2, -0.15) is 0 Å². The summed E-state index contributed by atoms with van der Waals surface area (Å²) in [6.07, 6.45) is 5.42. The van der Waals surface area contributed by atoms with Crippen LogP contribution in [0.1, 0.15) is 22.0 Å². The lowest BCUT2D eigenvalue weighted by Crippen LogP contribution is -2.31. The topological polar surface area (TPSA) is 46.9 Å². The fourth-order valence-electron chi connectivity index (χ4n) is 3.27. The number of hydrogen-bond acceptors (Lipinski definition) is 2.